The molecule has 0 aliphatic heterocycles. The quantitative estimate of drug-likeness (QED) is 0.387. The first kappa shape index (κ1) is 20.6. The van der Waals surface area contributed by atoms with Crippen LogP contribution >= 0.6 is 0 Å². The Morgan fingerprint density at radius 2 is 1.41 bits per heavy atom. The summed E-state index contributed by atoms with van der Waals surface area (Å²) in [6, 6.07) is 15.7. The van der Waals surface area contributed by atoms with Gasteiger partial charge >= 0.3 is 11.9 Å². The number of ether oxygens (including phenoxy) is 3. The van der Waals surface area contributed by atoms with Gasteiger partial charge in [0.1, 0.15) is 5.75 Å². The molecule has 29 heavy (non-hydrogen) atoms. The lowest BCUT2D eigenvalue weighted by Crippen LogP contribution is -2.34. The molecule has 0 saturated heterocycles. The monoisotopic (exact) mass is 396 g/mol. The maximum Gasteiger partial charge on any atom is 0.324 e. The Labute approximate surface area is 169 Å². The fourth-order valence-corrected chi connectivity index (χ4v) is 3.89. The zero-order valence-electron chi connectivity index (χ0n) is 16.7. The molecule has 3 rings (SSSR count). The van der Waals surface area contributed by atoms with Crippen LogP contribution in [-0.2, 0) is 19.1 Å². The highest BCUT2D eigenvalue weighted by Crippen LogP contribution is 2.67. The average molecular weight is 396 g/mol. The van der Waals surface area contributed by atoms with Crippen molar-refractivity contribution >= 4 is 17.7 Å². The topological polar surface area (TPSA) is 78.9 Å². The molecule has 1 aliphatic carbocycles. The Morgan fingerprint density at radius 3 is 1.90 bits per heavy atom. The van der Waals surface area contributed by atoms with E-state index in [-0.39, 0.29) is 19.0 Å². The Kier molecular flexibility index (Phi) is 6.01. The van der Waals surface area contributed by atoms with Crippen LogP contribution in [0.2, 0.25) is 0 Å². The molecule has 0 bridgehead atoms. The van der Waals surface area contributed by atoms with Gasteiger partial charge in [0, 0.05) is 11.5 Å². The van der Waals surface area contributed by atoms with E-state index in [1.54, 1.807) is 50.2 Å². The lowest BCUT2D eigenvalue weighted by molar-refractivity contribution is -0.165. The molecule has 152 valence electrons. The van der Waals surface area contributed by atoms with E-state index in [0.29, 0.717) is 11.3 Å². The van der Waals surface area contributed by atoms with Crippen molar-refractivity contribution in [2.24, 2.45) is 11.3 Å². The summed E-state index contributed by atoms with van der Waals surface area (Å²) in [5.74, 6) is -2.67. The molecule has 0 N–H and O–H groups in total. The molecule has 2 aromatic carbocycles. The van der Waals surface area contributed by atoms with E-state index in [9.17, 15) is 14.4 Å². The molecular weight excluding hydrogens is 372 g/mol. The number of benzene rings is 2. The first-order valence-corrected chi connectivity index (χ1v) is 9.59. The average Bonchev–Trinajstić information content (AvgIpc) is 3.46. The number of esters is 2. The molecule has 1 saturated carbocycles. The number of Topliss-reactive ketones (excluding diaryl/α,β-unsaturated/α-hetero) is 1. The van der Waals surface area contributed by atoms with Gasteiger partial charge in [-0.1, -0.05) is 30.3 Å². The van der Waals surface area contributed by atoms with Crippen LogP contribution in [0.15, 0.2) is 54.6 Å². The lowest BCUT2D eigenvalue weighted by atomic mass is 9.97. The Bertz CT molecular complexity index is 869. The second-order valence-corrected chi connectivity index (χ2v) is 6.77. The molecule has 0 radical (unpaired) electrons. The minimum Gasteiger partial charge on any atom is -0.497 e. The van der Waals surface area contributed by atoms with Crippen molar-refractivity contribution in [2.75, 3.05) is 20.3 Å². The van der Waals surface area contributed by atoms with E-state index < -0.39 is 29.2 Å². The first-order chi connectivity index (χ1) is 14.0. The van der Waals surface area contributed by atoms with Crippen LogP contribution in [0.25, 0.3) is 0 Å². The highest BCUT2D eigenvalue weighted by Gasteiger charge is 2.79. The number of hydrogen-bond acceptors (Lipinski definition) is 6. The SMILES string of the molecule is CCOC(=O)C1(C(=O)OCC)[C@H](C(=O)c2ccc(OC)cc2)[C@H]1c1ccccc1. The summed E-state index contributed by atoms with van der Waals surface area (Å²) in [4.78, 5) is 39.3. The third-order valence-electron chi connectivity index (χ3n) is 5.25. The van der Waals surface area contributed by atoms with Crippen molar-refractivity contribution in [1.82, 2.24) is 0 Å². The number of methoxy groups -OCH3 is 1. The highest BCUT2D eigenvalue weighted by molar-refractivity contribution is 6.16. The van der Waals surface area contributed by atoms with Gasteiger partial charge in [-0.15, -0.1) is 0 Å². The molecule has 1 aliphatic rings. The molecule has 6 nitrogen and oxygen atoms in total. The van der Waals surface area contributed by atoms with Gasteiger partial charge in [0.2, 0.25) is 0 Å². The molecule has 0 unspecified atom stereocenters. The van der Waals surface area contributed by atoms with Crippen LogP contribution in [0.4, 0.5) is 0 Å². The summed E-state index contributed by atoms with van der Waals surface area (Å²) in [6.45, 7) is 3.53. The number of carbonyl (C=O) groups excluding carboxylic acids is 3. The predicted molar refractivity (Wildman–Crippen MR) is 106 cm³/mol. The summed E-state index contributed by atoms with van der Waals surface area (Å²) in [5, 5.41) is 0. The van der Waals surface area contributed by atoms with E-state index >= 15 is 0 Å². The third kappa shape index (κ3) is 3.50. The van der Waals surface area contributed by atoms with Gasteiger partial charge in [-0.3, -0.25) is 14.4 Å². The van der Waals surface area contributed by atoms with Gasteiger partial charge in [-0.2, -0.15) is 0 Å². The van der Waals surface area contributed by atoms with E-state index in [1.807, 2.05) is 18.2 Å². The maximum atomic E-state index is 13.4. The van der Waals surface area contributed by atoms with Crippen LogP contribution in [0.1, 0.15) is 35.7 Å². The van der Waals surface area contributed by atoms with E-state index in [1.165, 1.54) is 7.11 Å². The van der Waals surface area contributed by atoms with Gasteiger partial charge in [-0.25, -0.2) is 0 Å². The fourth-order valence-electron chi connectivity index (χ4n) is 3.89. The molecule has 0 spiro atoms. The van der Waals surface area contributed by atoms with Crippen molar-refractivity contribution in [3.63, 3.8) is 0 Å². The molecule has 6 heteroatoms. The van der Waals surface area contributed by atoms with Gasteiger partial charge < -0.3 is 14.2 Å². The smallest absolute Gasteiger partial charge is 0.324 e. The Hall–Kier alpha value is -3.15. The Balaban J connectivity index is 2.07. The summed E-state index contributed by atoms with van der Waals surface area (Å²) in [6.07, 6.45) is 0. The van der Waals surface area contributed by atoms with Crippen molar-refractivity contribution < 1.29 is 28.6 Å². The Morgan fingerprint density at radius 1 is 0.862 bits per heavy atom. The molecule has 1 fully saturated rings. The zero-order chi connectivity index (χ0) is 21.0. The zero-order valence-corrected chi connectivity index (χ0v) is 16.7. The lowest BCUT2D eigenvalue weighted by Gasteiger charge is -2.15. The molecule has 2 aromatic rings. The normalized spacial score (nSPS) is 19.1. The third-order valence-corrected chi connectivity index (χ3v) is 5.25. The molecule has 0 aromatic heterocycles. The number of ketones is 1. The number of rotatable bonds is 8. The number of carbonyl (C=O) groups is 3. The predicted octanol–water partition coefficient (Wildman–Crippen LogP) is 3.40. The van der Waals surface area contributed by atoms with Gasteiger partial charge in [0.15, 0.2) is 11.2 Å². The van der Waals surface area contributed by atoms with Crippen molar-refractivity contribution in [3.8, 4) is 5.75 Å². The minimum absolute atomic E-state index is 0.102. The summed E-state index contributed by atoms with van der Waals surface area (Å²) < 4.78 is 15.6. The largest absolute Gasteiger partial charge is 0.497 e. The van der Waals surface area contributed by atoms with Crippen molar-refractivity contribution in [2.45, 2.75) is 19.8 Å². The first-order valence-electron chi connectivity index (χ1n) is 9.59. The van der Waals surface area contributed by atoms with Crippen LogP contribution in [-0.4, -0.2) is 38.0 Å². The van der Waals surface area contributed by atoms with Crippen molar-refractivity contribution in [1.29, 1.82) is 0 Å². The van der Waals surface area contributed by atoms with Gasteiger partial charge in [0.25, 0.3) is 0 Å². The molecule has 0 amide bonds. The van der Waals surface area contributed by atoms with E-state index in [2.05, 4.69) is 0 Å². The van der Waals surface area contributed by atoms with Crippen LogP contribution in [0, 0.1) is 11.3 Å². The van der Waals surface area contributed by atoms with E-state index in [0.717, 1.165) is 5.56 Å². The van der Waals surface area contributed by atoms with Gasteiger partial charge in [0.05, 0.1) is 26.2 Å². The second kappa shape index (κ2) is 8.47. The summed E-state index contributed by atoms with van der Waals surface area (Å²) in [5.41, 5.74) is -0.558. The molecular formula is C23H24O6. The number of hydrogen-bond donors (Lipinski definition) is 0. The molecule has 2 atom stereocenters. The van der Waals surface area contributed by atoms with E-state index in [4.69, 9.17) is 14.2 Å². The van der Waals surface area contributed by atoms with Crippen LogP contribution in [0.3, 0.4) is 0 Å². The minimum atomic E-state index is -1.68. The highest BCUT2D eigenvalue weighted by atomic mass is 16.6. The fraction of sp³-hybridized carbons (Fsp3) is 0.348. The maximum absolute atomic E-state index is 13.4. The van der Waals surface area contributed by atoms with Crippen molar-refractivity contribution in [3.05, 3.63) is 65.7 Å². The second-order valence-electron chi connectivity index (χ2n) is 6.77. The summed E-state index contributed by atoms with van der Waals surface area (Å²) in [7, 11) is 1.54. The standard InChI is InChI=1S/C23H24O6/c1-4-28-21(25)23(22(26)29-5-2)18(15-9-7-6-8-10-15)19(23)20(24)16-11-13-17(27-3)14-12-16/h6-14,18-19H,4-5H2,1-3H3/t18-,19+/m1/s1. The van der Waals surface area contributed by atoms with Gasteiger partial charge in [-0.05, 0) is 43.7 Å². The summed E-state index contributed by atoms with van der Waals surface area (Å²) >= 11 is 0. The molecule has 0 heterocycles. The van der Waals surface area contributed by atoms with Crippen LogP contribution < -0.4 is 4.74 Å². The van der Waals surface area contributed by atoms with Crippen LogP contribution in [0.5, 0.6) is 5.75 Å².